The minimum atomic E-state index is -4.71. The molecule has 0 spiro atoms. The smallest absolute Gasteiger partial charge is 0.433 e. The molecular weight excluding hydrogens is 319 g/mol. The van der Waals surface area contributed by atoms with Crippen molar-refractivity contribution in [1.82, 2.24) is 10.4 Å². The first kappa shape index (κ1) is 18.5. The first-order valence-electron chi connectivity index (χ1n) is 6.65. The Morgan fingerprint density at radius 1 is 1.22 bits per heavy atom. The summed E-state index contributed by atoms with van der Waals surface area (Å²) in [5, 5.41) is 0. The van der Waals surface area contributed by atoms with E-state index in [9.17, 15) is 22.8 Å². The van der Waals surface area contributed by atoms with Crippen LogP contribution in [0.25, 0.3) is 0 Å². The maximum atomic E-state index is 12.8. The first-order valence-corrected chi connectivity index (χ1v) is 6.65. The molecule has 0 atom stereocenters. The van der Waals surface area contributed by atoms with Crippen LogP contribution in [0.4, 0.5) is 23.8 Å². The molecule has 0 unspecified atom stereocenters. The van der Waals surface area contributed by atoms with Gasteiger partial charge in [0.25, 0.3) is 0 Å². The number of ether oxygens (including phenoxy) is 2. The number of nitrogens with zero attached hydrogens (tertiary/aromatic N) is 1. The van der Waals surface area contributed by atoms with E-state index in [1.807, 2.05) is 5.43 Å². The lowest BCUT2D eigenvalue weighted by molar-refractivity contribution is -0.141. The molecule has 128 valence electrons. The number of alkyl halides is 3. The Kier molecular flexibility index (Phi) is 6.17. The second kappa shape index (κ2) is 7.65. The highest BCUT2D eigenvalue weighted by atomic mass is 19.4. The van der Waals surface area contributed by atoms with Gasteiger partial charge in [0.1, 0.15) is 11.3 Å². The second-order valence-corrected chi connectivity index (χ2v) is 4.24. The molecule has 2 N–H and O–H groups in total. The largest absolute Gasteiger partial charge is 0.462 e. The molecule has 1 amide bonds. The number of hydrogen-bond donors (Lipinski definition) is 2. The zero-order valence-corrected chi connectivity index (χ0v) is 12.7. The summed E-state index contributed by atoms with van der Waals surface area (Å²) < 4.78 is 47.8. The van der Waals surface area contributed by atoms with Gasteiger partial charge in [-0.25, -0.2) is 20.0 Å². The number of amides is 1. The number of anilines is 1. The van der Waals surface area contributed by atoms with Crippen molar-refractivity contribution in [3.8, 4) is 0 Å². The van der Waals surface area contributed by atoms with Crippen molar-refractivity contribution in [2.75, 3.05) is 18.6 Å². The maximum Gasteiger partial charge on any atom is 0.433 e. The summed E-state index contributed by atoms with van der Waals surface area (Å²) >= 11 is 0. The summed E-state index contributed by atoms with van der Waals surface area (Å²) in [5.74, 6) is -1.34. The van der Waals surface area contributed by atoms with Gasteiger partial charge in [0.15, 0.2) is 5.82 Å². The van der Waals surface area contributed by atoms with E-state index in [1.54, 1.807) is 13.8 Å². The molecule has 1 rings (SSSR count). The van der Waals surface area contributed by atoms with E-state index in [-0.39, 0.29) is 24.3 Å². The van der Waals surface area contributed by atoms with Crippen LogP contribution in [0, 0.1) is 6.92 Å². The fourth-order valence-electron chi connectivity index (χ4n) is 1.65. The van der Waals surface area contributed by atoms with Crippen LogP contribution in [0.2, 0.25) is 0 Å². The van der Waals surface area contributed by atoms with Crippen molar-refractivity contribution in [2.24, 2.45) is 0 Å². The first-order chi connectivity index (χ1) is 10.7. The third-order valence-corrected chi connectivity index (χ3v) is 2.55. The summed E-state index contributed by atoms with van der Waals surface area (Å²) in [6.45, 7) is 4.50. The lowest BCUT2D eigenvalue weighted by Gasteiger charge is -2.16. The van der Waals surface area contributed by atoms with Gasteiger partial charge >= 0.3 is 18.2 Å². The van der Waals surface area contributed by atoms with Gasteiger partial charge in [-0.3, -0.25) is 5.43 Å². The number of esters is 1. The summed E-state index contributed by atoms with van der Waals surface area (Å²) in [6, 6.07) is 0.724. The second-order valence-electron chi connectivity index (χ2n) is 4.24. The number of nitrogens with one attached hydrogen (secondary N) is 2. The number of hydrogen-bond acceptors (Lipinski definition) is 6. The quantitative estimate of drug-likeness (QED) is 0.635. The minimum Gasteiger partial charge on any atom is -0.462 e. The Morgan fingerprint density at radius 2 is 1.83 bits per heavy atom. The number of aromatic nitrogens is 1. The molecular formula is C13H16F3N3O4. The molecule has 23 heavy (non-hydrogen) atoms. The average Bonchev–Trinajstić information content (AvgIpc) is 2.44. The number of hydrazine groups is 1. The molecule has 10 heteroatoms. The predicted molar refractivity (Wildman–Crippen MR) is 73.7 cm³/mol. The number of carbonyl (C=O) groups excluding carboxylic acids is 2. The van der Waals surface area contributed by atoms with E-state index >= 15 is 0 Å². The monoisotopic (exact) mass is 335 g/mol. The molecule has 0 bridgehead atoms. The zero-order chi connectivity index (χ0) is 17.6. The molecule has 0 aliphatic carbocycles. The molecule has 0 fully saturated rings. The Hall–Kier alpha value is -2.52. The lowest BCUT2D eigenvalue weighted by Crippen LogP contribution is -2.32. The number of rotatable bonds is 5. The minimum absolute atomic E-state index is 0.000987. The van der Waals surface area contributed by atoms with E-state index < -0.39 is 29.8 Å². The third-order valence-electron chi connectivity index (χ3n) is 2.55. The normalized spacial score (nSPS) is 10.9. The molecule has 0 aliphatic rings. The maximum absolute atomic E-state index is 12.8. The fraction of sp³-hybridized carbons (Fsp3) is 0.462. The SMILES string of the molecule is CCOC(=O)NNc1nc(C(F)(F)F)cc(C)c1C(=O)OCC. The van der Waals surface area contributed by atoms with Crippen molar-refractivity contribution >= 4 is 17.9 Å². The van der Waals surface area contributed by atoms with Crippen molar-refractivity contribution in [2.45, 2.75) is 26.9 Å². The van der Waals surface area contributed by atoms with E-state index in [0.29, 0.717) is 0 Å². The molecule has 1 aromatic rings. The van der Waals surface area contributed by atoms with Crippen LogP contribution in [-0.2, 0) is 15.7 Å². The Balaban J connectivity index is 3.22. The van der Waals surface area contributed by atoms with E-state index in [0.717, 1.165) is 6.07 Å². The van der Waals surface area contributed by atoms with Crippen molar-refractivity contribution in [3.63, 3.8) is 0 Å². The van der Waals surface area contributed by atoms with Gasteiger partial charge in [0.05, 0.1) is 13.2 Å². The highest BCUT2D eigenvalue weighted by molar-refractivity contribution is 5.96. The van der Waals surface area contributed by atoms with Gasteiger partial charge in [-0.05, 0) is 32.4 Å². The fourth-order valence-corrected chi connectivity index (χ4v) is 1.65. The van der Waals surface area contributed by atoms with Crippen LogP contribution >= 0.6 is 0 Å². The molecule has 1 aromatic heterocycles. The molecule has 0 saturated carbocycles. The average molecular weight is 335 g/mol. The molecule has 7 nitrogen and oxygen atoms in total. The number of aryl methyl sites for hydroxylation is 1. The lowest BCUT2D eigenvalue weighted by atomic mass is 10.1. The van der Waals surface area contributed by atoms with Crippen LogP contribution in [0.3, 0.4) is 0 Å². The van der Waals surface area contributed by atoms with Crippen LogP contribution in [-0.4, -0.2) is 30.3 Å². The van der Waals surface area contributed by atoms with Crippen LogP contribution in [0.1, 0.15) is 35.5 Å². The highest BCUT2D eigenvalue weighted by Gasteiger charge is 2.34. The number of pyridine rings is 1. The van der Waals surface area contributed by atoms with Gasteiger partial charge in [0, 0.05) is 0 Å². The van der Waals surface area contributed by atoms with Gasteiger partial charge in [-0.2, -0.15) is 13.2 Å². The van der Waals surface area contributed by atoms with E-state index in [4.69, 9.17) is 4.74 Å². The third kappa shape index (κ3) is 5.01. The van der Waals surface area contributed by atoms with Crippen molar-refractivity contribution in [1.29, 1.82) is 0 Å². The van der Waals surface area contributed by atoms with Gasteiger partial charge < -0.3 is 9.47 Å². The molecule has 0 saturated heterocycles. The van der Waals surface area contributed by atoms with Gasteiger partial charge in [0.2, 0.25) is 0 Å². The van der Waals surface area contributed by atoms with Crippen LogP contribution < -0.4 is 10.9 Å². The Labute approximate surface area is 130 Å². The van der Waals surface area contributed by atoms with Crippen LogP contribution in [0.5, 0.6) is 0 Å². The standard InChI is InChI=1S/C13H16F3N3O4/c1-4-22-11(20)9-7(3)6-8(13(14,15)16)17-10(9)18-19-12(21)23-5-2/h6H,4-5H2,1-3H3,(H,17,18)(H,19,21). The molecule has 1 heterocycles. The van der Waals surface area contributed by atoms with E-state index in [2.05, 4.69) is 15.1 Å². The Bertz CT molecular complexity index is 591. The number of carbonyl (C=O) groups is 2. The molecule has 0 aromatic carbocycles. The van der Waals surface area contributed by atoms with E-state index in [1.165, 1.54) is 6.92 Å². The highest BCUT2D eigenvalue weighted by Crippen LogP contribution is 2.31. The predicted octanol–water partition coefficient (Wildman–Crippen LogP) is 2.66. The van der Waals surface area contributed by atoms with Crippen molar-refractivity contribution < 1.29 is 32.2 Å². The van der Waals surface area contributed by atoms with Crippen molar-refractivity contribution in [3.05, 3.63) is 22.9 Å². The molecule has 0 aliphatic heterocycles. The summed E-state index contributed by atoms with van der Waals surface area (Å²) in [6.07, 6.45) is -5.64. The zero-order valence-electron chi connectivity index (χ0n) is 12.7. The summed E-state index contributed by atoms with van der Waals surface area (Å²) in [5.41, 5.74) is 2.72. The Morgan fingerprint density at radius 3 is 2.35 bits per heavy atom. The number of halogens is 3. The van der Waals surface area contributed by atoms with Gasteiger partial charge in [-0.1, -0.05) is 0 Å². The summed E-state index contributed by atoms with van der Waals surface area (Å²) in [7, 11) is 0. The van der Waals surface area contributed by atoms with Gasteiger partial charge in [-0.15, -0.1) is 0 Å². The topological polar surface area (TPSA) is 89.5 Å². The summed E-state index contributed by atoms with van der Waals surface area (Å²) in [4.78, 5) is 26.5. The van der Waals surface area contributed by atoms with Crippen LogP contribution in [0.15, 0.2) is 6.07 Å². The molecule has 0 radical (unpaired) electrons.